The second kappa shape index (κ2) is 10.6. The zero-order valence-corrected chi connectivity index (χ0v) is 19.5. The van der Waals surface area contributed by atoms with E-state index in [1.165, 1.54) is 0 Å². The summed E-state index contributed by atoms with van der Waals surface area (Å²) >= 11 is 0. The van der Waals surface area contributed by atoms with Crippen LogP contribution in [0.3, 0.4) is 0 Å². The highest BCUT2D eigenvalue weighted by atomic mass is 19.3. The van der Waals surface area contributed by atoms with E-state index in [0.29, 0.717) is 29.9 Å². The SMILES string of the molecule is CCCCn1nc(C(F)(F)Cc2ccccc2)nc1Cc1ccc(-c2ccccc2C(=O)O)cc1. The molecule has 7 heteroatoms. The number of hydrogen-bond acceptors (Lipinski definition) is 3. The monoisotopic (exact) mass is 475 g/mol. The predicted octanol–water partition coefficient (Wildman–Crippen LogP) is 6.37. The van der Waals surface area contributed by atoms with Crippen LogP contribution in [-0.4, -0.2) is 25.8 Å². The summed E-state index contributed by atoms with van der Waals surface area (Å²) in [6.07, 6.45) is 1.61. The van der Waals surface area contributed by atoms with Gasteiger partial charge in [0.2, 0.25) is 5.82 Å². The summed E-state index contributed by atoms with van der Waals surface area (Å²) in [4.78, 5) is 15.8. The molecule has 0 atom stereocenters. The molecule has 0 fully saturated rings. The molecule has 4 aromatic rings. The predicted molar refractivity (Wildman–Crippen MR) is 131 cm³/mol. The number of rotatable bonds is 10. The van der Waals surface area contributed by atoms with Crippen molar-refractivity contribution in [3.63, 3.8) is 0 Å². The van der Waals surface area contributed by atoms with Gasteiger partial charge in [-0.3, -0.25) is 0 Å². The lowest BCUT2D eigenvalue weighted by atomic mass is 9.98. The van der Waals surface area contributed by atoms with Crippen molar-refractivity contribution in [1.29, 1.82) is 0 Å². The smallest absolute Gasteiger partial charge is 0.336 e. The van der Waals surface area contributed by atoms with Gasteiger partial charge in [-0.15, -0.1) is 5.10 Å². The number of hydrogen-bond donors (Lipinski definition) is 1. The fourth-order valence-corrected chi connectivity index (χ4v) is 3.98. The van der Waals surface area contributed by atoms with Crippen LogP contribution < -0.4 is 0 Å². The number of nitrogens with zero attached hydrogens (tertiary/aromatic N) is 3. The van der Waals surface area contributed by atoms with Gasteiger partial charge in [0.05, 0.1) is 5.56 Å². The van der Waals surface area contributed by atoms with Crippen molar-refractivity contribution in [3.8, 4) is 11.1 Å². The van der Waals surface area contributed by atoms with Crippen molar-refractivity contribution >= 4 is 5.97 Å². The summed E-state index contributed by atoms with van der Waals surface area (Å²) in [5.41, 5.74) is 3.03. The number of aromatic carboxylic acids is 1. The Hall–Kier alpha value is -3.87. The Labute approximate surface area is 203 Å². The molecule has 0 spiro atoms. The van der Waals surface area contributed by atoms with Crippen LogP contribution in [0.15, 0.2) is 78.9 Å². The molecule has 0 saturated carbocycles. The maximum absolute atomic E-state index is 15.1. The van der Waals surface area contributed by atoms with Crippen LogP contribution >= 0.6 is 0 Å². The minimum atomic E-state index is -3.18. The van der Waals surface area contributed by atoms with E-state index in [4.69, 9.17) is 0 Å². The molecule has 0 aliphatic heterocycles. The Morgan fingerprint density at radius 3 is 2.31 bits per heavy atom. The molecular weight excluding hydrogens is 448 g/mol. The number of carbonyl (C=O) groups is 1. The molecule has 0 amide bonds. The summed E-state index contributed by atoms with van der Waals surface area (Å²) < 4.78 is 31.7. The Balaban J connectivity index is 1.59. The first-order chi connectivity index (χ1) is 16.9. The van der Waals surface area contributed by atoms with Gasteiger partial charge in [0, 0.05) is 19.4 Å². The summed E-state index contributed by atoms with van der Waals surface area (Å²) in [5, 5.41) is 13.7. The van der Waals surface area contributed by atoms with Gasteiger partial charge in [-0.2, -0.15) is 8.78 Å². The van der Waals surface area contributed by atoms with E-state index in [9.17, 15) is 9.90 Å². The normalized spacial score (nSPS) is 11.5. The van der Waals surface area contributed by atoms with Crippen molar-refractivity contribution in [3.05, 3.63) is 107 Å². The van der Waals surface area contributed by atoms with E-state index in [-0.39, 0.29) is 5.56 Å². The highest BCUT2D eigenvalue weighted by Gasteiger charge is 2.37. The third-order valence-electron chi connectivity index (χ3n) is 5.85. The van der Waals surface area contributed by atoms with Gasteiger partial charge >= 0.3 is 11.9 Å². The van der Waals surface area contributed by atoms with E-state index >= 15 is 8.78 Å². The van der Waals surface area contributed by atoms with Gasteiger partial charge in [-0.1, -0.05) is 86.1 Å². The van der Waals surface area contributed by atoms with Crippen molar-refractivity contribution in [2.45, 2.75) is 45.1 Å². The average molecular weight is 476 g/mol. The zero-order valence-electron chi connectivity index (χ0n) is 19.5. The second-order valence-corrected chi connectivity index (χ2v) is 8.52. The third-order valence-corrected chi connectivity index (χ3v) is 5.85. The van der Waals surface area contributed by atoms with Gasteiger partial charge in [0.1, 0.15) is 5.82 Å². The van der Waals surface area contributed by atoms with Gasteiger partial charge in [-0.25, -0.2) is 14.5 Å². The maximum Gasteiger partial charge on any atom is 0.336 e. The van der Waals surface area contributed by atoms with E-state index in [0.717, 1.165) is 24.0 Å². The standard InChI is InChI=1S/C28H27F2N3O2/c1-2-3-17-33-25(31-27(32-33)28(29,30)19-21-9-5-4-6-10-21)18-20-13-15-22(16-14-20)23-11-7-8-12-24(23)26(34)35/h4-16H,2-3,17-19H2,1H3,(H,34,35). The molecule has 1 aromatic heterocycles. The number of aryl methyl sites for hydroxylation is 1. The molecule has 35 heavy (non-hydrogen) atoms. The Kier molecular flexibility index (Phi) is 7.34. The molecule has 0 aliphatic carbocycles. The van der Waals surface area contributed by atoms with Crippen molar-refractivity contribution < 1.29 is 18.7 Å². The van der Waals surface area contributed by atoms with Crippen molar-refractivity contribution in [2.75, 3.05) is 0 Å². The molecule has 4 rings (SSSR count). The molecule has 3 aromatic carbocycles. The largest absolute Gasteiger partial charge is 0.478 e. The molecule has 1 N–H and O–H groups in total. The number of aromatic nitrogens is 3. The van der Waals surface area contributed by atoms with Gasteiger partial charge < -0.3 is 5.11 Å². The first-order valence-electron chi connectivity index (χ1n) is 11.6. The number of carboxylic acids is 1. The summed E-state index contributed by atoms with van der Waals surface area (Å²) in [6, 6.07) is 22.9. The van der Waals surface area contributed by atoms with E-state index in [1.54, 1.807) is 59.3 Å². The topological polar surface area (TPSA) is 68.0 Å². The molecule has 0 saturated heterocycles. The summed E-state index contributed by atoms with van der Waals surface area (Å²) in [5.74, 6) is -4.14. The number of halogens is 2. The van der Waals surface area contributed by atoms with E-state index < -0.39 is 24.1 Å². The average Bonchev–Trinajstić information content (AvgIpc) is 3.27. The van der Waals surface area contributed by atoms with E-state index in [2.05, 4.69) is 10.1 Å². The van der Waals surface area contributed by atoms with Crippen LogP contribution in [-0.2, 0) is 25.3 Å². The van der Waals surface area contributed by atoms with Crippen LogP contribution in [0.4, 0.5) is 8.78 Å². The Morgan fingerprint density at radius 2 is 1.63 bits per heavy atom. The zero-order chi connectivity index (χ0) is 24.8. The summed E-state index contributed by atoms with van der Waals surface area (Å²) in [7, 11) is 0. The molecule has 0 unspecified atom stereocenters. The quantitative estimate of drug-likeness (QED) is 0.289. The number of carboxylic acid groups (broad SMARTS) is 1. The minimum Gasteiger partial charge on any atom is -0.478 e. The Morgan fingerprint density at radius 1 is 0.943 bits per heavy atom. The van der Waals surface area contributed by atoms with Crippen molar-refractivity contribution in [2.24, 2.45) is 0 Å². The van der Waals surface area contributed by atoms with E-state index in [1.807, 2.05) is 31.2 Å². The Bertz CT molecular complexity index is 1290. The fraction of sp³-hybridized carbons (Fsp3) is 0.250. The van der Waals surface area contributed by atoms with Gasteiger partial charge in [0.15, 0.2) is 0 Å². The highest BCUT2D eigenvalue weighted by Crippen LogP contribution is 2.30. The number of alkyl halides is 2. The first kappa shape index (κ1) is 24.3. The molecule has 0 aliphatic rings. The number of benzene rings is 3. The minimum absolute atomic E-state index is 0.227. The van der Waals surface area contributed by atoms with Crippen LogP contribution in [0.5, 0.6) is 0 Å². The second-order valence-electron chi connectivity index (χ2n) is 8.52. The number of unbranched alkanes of at least 4 members (excludes halogenated alkanes) is 1. The molecule has 180 valence electrons. The fourth-order valence-electron chi connectivity index (χ4n) is 3.98. The summed E-state index contributed by atoms with van der Waals surface area (Å²) in [6.45, 7) is 2.56. The van der Waals surface area contributed by atoms with Crippen LogP contribution in [0, 0.1) is 0 Å². The first-order valence-corrected chi connectivity index (χ1v) is 11.6. The molecule has 0 bridgehead atoms. The van der Waals surface area contributed by atoms with Crippen LogP contribution in [0.2, 0.25) is 0 Å². The van der Waals surface area contributed by atoms with Gasteiger partial charge in [0.25, 0.3) is 0 Å². The highest BCUT2D eigenvalue weighted by molar-refractivity contribution is 5.95. The molecule has 0 radical (unpaired) electrons. The lowest BCUT2D eigenvalue weighted by Gasteiger charge is -2.12. The van der Waals surface area contributed by atoms with Crippen LogP contribution in [0.1, 0.15) is 52.9 Å². The lowest BCUT2D eigenvalue weighted by molar-refractivity contribution is -0.0134. The van der Waals surface area contributed by atoms with Crippen LogP contribution in [0.25, 0.3) is 11.1 Å². The molecular formula is C28H27F2N3O2. The lowest BCUT2D eigenvalue weighted by Crippen LogP contribution is -2.19. The van der Waals surface area contributed by atoms with Gasteiger partial charge in [-0.05, 0) is 34.7 Å². The molecule has 1 heterocycles. The maximum atomic E-state index is 15.1. The third kappa shape index (κ3) is 5.80. The molecule has 5 nitrogen and oxygen atoms in total. The van der Waals surface area contributed by atoms with Crippen molar-refractivity contribution in [1.82, 2.24) is 14.8 Å².